The minimum Gasteiger partial charge on any atom is -0.394 e. The Balaban J connectivity index is 3.82. The highest BCUT2D eigenvalue weighted by Gasteiger charge is 2.17. The third kappa shape index (κ3) is 31.8. The van der Waals surface area contributed by atoms with Gasteiger partial charge in [0.1, 0.15) is 0 Å². The number of hydrogen-bond donors (Lipinski definition) is 4. The third-order valence-electron chi connectivity index (χ3n) is 8.10. The molecule has 0 unspecified atom stereocenters. The molecule has 0 aromatic heterocycles. The summed E-state index contributed by atoms with van der Waals surface area (Å²) in [6.07, 6.45) is 44.9. The lowest BCUT2D eigenvalue weighted by atomic mass is 10.0. The average molecular weight is 630 g/mol. The van der Waals surface area contributed by atoms with Crippen LogP contribution in [0.5, 0.6) is 0 Å². The molecule has 5 heteroatoms. The average Bonchev–Trinajstić information content (AvgIpc) is 3.03. The van der Waals surface area contributed by atoms with Gasteiger partial charge >= 0.3 is 0 Å². The highest BCUT2D eigenvalue weighted by atomic mass is 16.3. The Morgan fingerprint density at radius 3 is 1.76 bits per heavy atom. The second-order valence-electron chi connectivity index (χ2n) is 12.5. The van der Waals surface area contributed by atoms with Crippen molar-refractivity contribution >= 4 is 5.91 Å². The maximum Gasteiger partial charge on any atom is 0.220 e. The molecule has 0 heterocycles. The van der Waals surface area contributed by atoms with Crippen LogP contribution >= 0.6 is 0 Å². The van der Waals surface area contributed by atoms with Gasteiger partial charge in [-0.15, -0.1) is 0 Å². The molecular formula is C40H71NO4. The summed E-state index contributed by atoms with van der Waals surface area (Å²) in [7, 11) is 0. The lowest BCUT2D eigenvalue weighted by Crippen LogP contribution is -2.45. The van der Waals surface area contributed by atoms with Gasteiger partial charge < -0.3 is 20.6 Å². The first-order valence-corrected chi connectivity index (χ1v) is 18.6. The van der Waals surface area contributed by atoms with Crippen molar-refractivity contribution in [3.05, 3.63) is 60.8 Å². The molecule has 5 nitrogen and oxygen atoms in total. The molecule has 0 aliphatic rings. The smallest absolute Gasteiger partial charge is 0.220 e. The fourth-order valence-corrected chi connectivity index (χ4v) is 5.16. The van der Waals surface area contributed by atoms with E-state index in [0.29, 0.717) is 6.42 Å². The molecule has 4 N–H and O–H groups in total. The van der Waals surface area contributed by atoms with Gasteiger partial charge in [-0.3, -0.25) is 4.79 Å². The van der Waals surface area contributed by atoms with Crippen LogP contribution in [0, 0.1) is 0 Å². The van der Waals surface area contributed by atoms with E-state index in [1.54, 1.807) is 6.08 Å². The van der Waals surface area contributed by atoms with Crippen molar-refractivity contribution in [2.24, 2.45) is 0 Å². The van der Waals surface area contributed by atoms with Crippen molar-refractivity contribution in [3.8, 4) is 0 Å². The van der Waals surface area contributed by atoms with E-state index in [1.165, 1.54) is 89.9 Å². The van der Waals surface area contributed by atoms with Gasteiger partial charge in [0, 0.05) is 6.42 Å². The van der Waals surface area contributed by atoms with Crippen molar-refractivity contribution in [3.63, 3.8) is 0 Å². The van der Waals surface area contributed by atoms with Crippen LogP contribution in [0.15, 0.2) is 60.8 Å². The van der Waals surface area contributed by atoms with Gasteiger partial charge in [-0.25, -0.2) is 0 Å². The highest BCUT2D eigenvalue weighted by Crippen LogP contribution is 2.13. The van der Waals surface area contributed by atoms with Gasteiger partial charge in [-0.05, 0) is 44.9 Å². The molecule has 0 saturated carbocycles. The molecule has 0 fully saturated rings. The van der Waals surface area contributed by atoms with E-state index in [0.717, 1.165) is 51.4 Å². The molecule has 0 aliphatic heterocycles. The van der Waals surface area contributed by atoms with E-state index in [1.807, 2.05) is 24.3 Å². The zero-order valence-corrected chi connectivity index (χ0v) is 29.2. The molecule has 0 spiro atoms. The zero-order chi connectivity index (χ0) is 33.1. The number of carbonyl (C=O) groups excluding carboxylic acids is 1. The summed E-state index contributed by atoms with van der Waals surface area (Å²) in [5.41, 5.74) is 0. The third-order valence-corrected chi connectivity index (χ3v) is 8.10. The Labute approximate surface area is 278 Å². The molecular weight excluding hydrogens is 558 g/mol. The van der Waals surface area contributed by atoms with E-state index in [4.69, 9.17) is 0 Å². The molecule has 0 bridgehead atoms. The minimum absolute atomic E-state index is 0.138. The van der Waals surface area contributed by atoms with E-state index >= 15 is 0 Å². The van der Waals surface area contributed by atoms with Gasteiger partial charge in [-0.1, -0.05) is 171 Å². The Hall–Kier alpha value is -1.95. The van der Waals surface area contributed by atoms with Crippen LogP contribution in [0.25, 0.3) is 0 Å². The number of amides is 1. The van der Waals surface area contributed by atoms with Gasteiger partial charge in [-0.2, -0.15) is 0 Å². The van der Waals surface area contributed by atoms with Crippen LogP contribution in [0.4, 0.5) is 0 Å². The molecule has 0 saturated heterocycles. The molecule has 0 aromatic rings. The molecule has 0 radical (unpaired) electrons. The lowest BCUT2D eigenvalue weighted by molar-refractivity contribution is -0.122. The number of unbranched alkanes of at least 4 members (excludes halogenated alkanes) is 16. The summed E-state index contributed by atoms with van der Waals surface area (Å²) >= 11 is 0. The first kappa shape index (κ1) is 43.0. The monoisotopic (exact) mass is 630 g/mol. The molecule has 1 amide bonds. The molecule has 260 valence electrons. The van der Waals surface area contributed by atoms with Crippen molar-refractivity contribution < 1.29 is 20.1 Å². The predicted octanol–water partition coefficient (Wildman–Crippen LogP) is 9.98. The van der Waals surface area contributed by atoms with Crippen LogP contribution in [0.2, 0.25) is 0 Å². The van der Waals surface area contributed by atoms with Crippen molar-refractivity contribution in [1.29, 1.82) is 0 Å². The van der Waals surface area contributed by atoms with E-state index in [2.05, 4.69) is 49.5 Å². The van der Waals surface area contributed by atoms with Crippen LogP contribution in [-0.4, -0.2) is 46.1 Å². The van der Waals surface area contributed by atoms with Crippen LogP contribution in [-0.2, 0) is 4.79 Å². The lowest BCUT2D eigenvalue weighted by Gasteiger charge is -2.19. The Bertz CT molecular complexity index is 785. The van der Waals surface area contributed by atoms with Crippen molar-refractivity contribution in [1.82, 2.24) is 5.32 Å². The number of hydrogen-bond acceptors (Lipinski definition) is 4. The maximum atomic E-state index is 12.3. The maximum absolute atomic E-state index is 12.3. The summed E-state index contributed by atoms with van der Waals surface area (Å²) < 4.78 is 0. The van der Waals surface area contributed by atoms with Crippen LogP contribution in [0.3, 0.4) is 0 Å². The largest absolute Gasteiger partial charge is 0.394 e. The minimum atomic E-state index is -0.874. The normalized spacial score (nSPS) is 14.5. The number of aliphatic hydroxyl groups excluding tert-OH is 3. The second kappa shape index (κ2) is 34.9. The van der Waals surface area contributed by atoms with Gasteiger partial charge in [0.2, 0.25) is 5.91 Å². The predicted molar refractivity (Wildman–Crippen MR) is 194 cm³/mol. The molecule has 0 rings (SSSR count). The van der Waals surface area contributed by atoms with Crippen molar-refractivity contribution in [2.45, 2.75) is 180 Å². The fraction of sp³-hybridized carbons (Fsp3) is 0.725. The number of rotatable bonds is 32. The quantitative estimate of drug-likeness (QED) is 0.0339. The topological polar surface area (TPSA) is 89.8 Å². The summed E-state index contributed by atoms with van der Waals surface area (Å²) in [4.78, 5) is 12.3. The van der Waals surface area contributed by atoms with Gasteiger partial charge in [0.05, 0.1) is 24.9 Å². The Morgan fingerprint density at radius 2 is 1.13 bits per heavy atom. The van der Waals surface area contributed by atoms with Crippen LogP contribution < -0.4 is 5.32 Å². The van der Waals surface area contributed by atoms with E-state index < -0.39 is 12.1 Å². The number of carbonyl (C=O) groups is 1. The summed E-state index contributed by atoms with van der Waals surface area (Å²) in [5.74, 6) is -0.138. The molecule has 3 atom stereocenters. The highest BCUT2D eigenvalue weighted by molar-refractivity contribution is 5.76. The molecule has 0 aromatic carbocycles. The van der Waals surface area contributed by atoms with Gasteiger partial charge in [0.25, 0.3) is 0 Å². The Kier molecular flexibility index (Phi) is 33.4. The van der Waals surface area contributed by atoms with E-state index in [9.17, 15) is 20.1 Å². The van der Waals surface area contributed by atoms with E-state index in [-0.39, 0.29) is 18.6 Å². The molecule has 45 heavy (non-hydrogen) atoms. The first-order chi connectivity index (χ1) is 22.0. The molecule has 0 aliphatic carbocycles. The standard InChI is InChI=1S/C40H71NO4/c1-3-5-7-8-9-10-11-12-13-14-17-20-23-26-30-34-39(44)38(36-42)41-40(45)35-31-27-24-21-18-15-16-19-22-25-29-33-37(43)32-28-6-4-2/h15-16,21-22,24-25,29-30,33-34,37-39,42-44H,3-14,17-20,23,26-28,31-32,35-36H2,1-2H3,(H,41,45)/b16-15-,24-21-,25-22-,33-29+,34-30+/t37-,38-,39+/m0/s1. The Morgan fingerprint density at radius 1 is 0.600 bits per heavy atom. The zero-order valence-electron chi connectivity index (χ0n) is 29.2. The summed E-state index contributed by atoms with van der Waals surface area (Å²) in [5, 5.41) is 32.7. The fourth-order valence-electron chi connectivity index (χ4n) is 5.16. The van der Waals surface area contributed by atoms with Gasteiger partial charge in [0.15, 0.2) is 0 Å². The van der Waals surface area contributed by atoms with Crippen molar-refractivity contribution in [2.75, 3.05) is 6.61 Å². The number of aliphatic hydroxyl groups is 3. The summed E-state index contributed by atoms with van der Waals surface area (Å²) in [6.45, 7) is 4.15. The number of nitrogens with one attached hydrogen (secondary N) is 1. The van der Waals surface area contributed by atoms with Crippen LogP contribution in [0.1, 0.15) is 162 Å². The number of allylic oxidation sites excluding steroid dienone is 8. The SMILES string of the molecule is CCCCCCCCCCCCCCC/C=C/[C@@H](O)[C@H](CO)NC(=O)CCC/C=C\C/C=C\C/C=C\C=C\[C@@H](O)CCCCC. The second-order valence-corrected chi connectivity index (χ2v) is 12.5. The summed E-state index contributed by atoms with van der Waals surface area (Å²) in [6, 6.07) is -0.665. The first-order valence-electron chi connectivity index (χ1n) is 18.6.